The van der Waals surface area contributed by atoms with E-state index in [2.05, 4.69) is 18.3 Å². The molecule has 0 saturated heterocycles. The SMILES string of the molecule is Cc1ccc(/C=C/C(=O)NCCCCCO)c(C)c1. The van der Waals surface area contributed by atoms with Gasteiger partial charge in [0.1, 0.15) is 0 Å². The molecule has 1 rings (SSSR count). The van der Waals surface area contributed by atoms with Crippen LogP contribution in [0.15, 0.2) is 24.3 Å². The smallest absolute Gasteiger partial charge is 0.243 e. The number of carbonyl (C=O) groups excluding carboxylic acids is 1. The van der Waals surface area contributed by atoms with E-state index in [1.807, 2.05) is 25.1 Å². The number of rotatable bonds is 7. The van der Waals surface area contributed by atoms with Crippen LogP contribution in [0.4, 0.5) is 0 Å². The summed E-state index contributed by atoms with van der Waals surface area (Å²) in [7, 11) is 0. The second-order valence-electron chi connectivity index (χ2n) is 4.77. The largest absolute Gasteiger partial charge is 0.396 e. The van der Waals surface area contributed by atoms with E-state index < -0.39 is 0 Å². The van der Waals surface area contributed by atoms with Gasteiger partial charge in [-0.05, 0) is 50.3 Å². The number of aryl methyl sites for hydroxylation is 2. The summed E-state index contributed by atoms with van der Waals surface area (Å²) in [5.74, 6) is -0.0658. The van der Waals surface area contributed by atoms with Crippen molar-refractivity contribution < 1.29 is 9.90 Å². The number of hydrogen-bond donors (Lipinski definition) is 2. The molecule has 1 aromatic carbocycles. The van der Waals surface area contributed by atoms with E-state index >= 15 is 0 Å². The van der Waals surface area contributed by atoms with Gasteiger partial charge >= 0.3 is 0 Å². The molecule has 0 spiro atoms. The lowest BCUT2D eigenvalue weighted by molar-refractivity contribution is -0.116. The highest BCUT2D eigenvalue weighted by atomic mass is 16.2. The van der Waals surface area contributed by atoms with E-state index in [1.54, 1.807) is 6.08 Å². The van der Waals surface area contributed by atoms with E-state index in [0.717, 1.165) is 24.8 Å². The predicted molar refractivity (Wildman–Crippen MR) is 78.9 cm³/mol. The van der Waals surface area contributed by atoms with Gasteiger partial charge < -0.3 is 10.4 Å². The van der Waals surface area contributed by atoms with Crippen molar-refractivity contribution in [1.82, 2.24) is 5.32 Å². The van der Waals surface area contributed by atoms with Gasteiger partial charge in [0.15, 0.2) is 0 Å². The molecule has 2 N–H and O–H groups in total. The summed E-state index contributed by atoms with van der Waals surface area (Å²) in [6, 6.07) is 6.17. The van der Waals surface area contributed by atoms with Crippen molar-refractivity contribution in [1.29, 1.82) is 0 Å². The number of nitrogens with one attached hydrogen (secondary N) is 1. The van der Waals surface area contributed by atoms with Crippen molar-refractivity contribution in [3.8, 4) is 0 Å². The van der Waals surface area contributed by atoms with Gasteiger partial charge in [-0.1, -0.05) is 23.8 Å². The van der Waals surface area contributed by atoms with Crippen LogP contribution < -0.4 is 5.32 Å². The van der Waals surface area contributed by atoms with Crippen LogP contribution in [0.2, 0.25) is 0 Å². The minimum atomic E-state index is -0.0658. The summed E-state index contributed by atoms with van der Waals surface area (Å²) < 4.78 is 0. The van der Waals surface area contributed by atoms with Crippen molar-refractivity contribution in [3.63, 3.8) is 0 Å². The Morgan fingerprint density at radius 1 is 1.26 bits per heavy atom. The van der Waals surface area contributed by atoms with Gasteiger partial charge in [-0.3, -0.25) is 4.79 Å². The van der Waals surface area contributed by atoms with Crippen LogP contribution in [0.5, 0.6) is 0 Å². The highest BCUT2D eigenvalue weighted by Gasteiger charge is 1.97. The lowest BCUT2D eigenvalue weighted by Crippen LogP contribution is -2.22. The van der Waals surface area contributed by atoms with Crippen molar-refractivity contribution in [3.05, 3.63) is 41.0 Å². The molecule has 1 aromatic rings. The fourth-order valence-electron chi connectivity index (χ4n) is 1.86. The second kappa shape index (κ2) is 8.48. The van der Waals surface area contributed by atoms with Crippen LogP contribution >= 0.6 is 0 Å². The van der Waals surface area contributed by atoms with E-state index in [4.69, 9.17) is 5.11 Å². The molecule has 0 fully saturated rings. The number of carbonyl (C=O) groups is 1. The monoisotopic (exact) mass is 261 g/mol. The van der Waals surface area contributed by atoms with Crippen molar-refractivity contribution >= 4 is 12.0 Å². The van der Waals surface area contributed by atoms with Crippen LogP contribution in [-0.4, -0.2) is 24.2 Å². The normalized spacial score (nSPS) is 10.9. The van der Waals surface area contributed by atoms with Gasteiger partial charge in [-0.2, -0.15) is 0 Å². The zero-order valence-electron chi connectivity index (χ0n) is 11.8. The van der Waals surface area contributed by atoms with Gasteiger partial charge in [0.25, 0.3) is 0 Å². The van der Waals surface area contributed by atoms with Gasteiger partial charge in [-0.15, -0.1) is 0 Å². The lowest BCUT2D eigenvalue weighted by atomic mass is 10.1. The Balaban J connectivity index is 2.37. The lowest BCUT2D eigenvalue weighted by Gasteiger charge is -2.03. The Morgan fingerprint density at radius 3 is 2.74 bits per heavy atom. The summed E-state index contributed by atoms with van der Waals surface area (Å²) in [5.41, 5.74) is 3.47. The molecular weight excluding hydrogens is 238 g/mol. The molecule has 0 atom stereocenters. The average molecular weight is 261 g/mol. The molecule has 0 aliphatic rings. The standard InChI is InChI=1S/C16H23NO2/c1-13-6-7-15(14(2)12-13)8-9-16(19)17-10-4-3-5-11-18/h6-9,12,18H,3-5,10-11H2,1-2H3,(H,17,19)/b9-8+. The molecule has 3 heteroatoms. The molecule has 19 heavy (non-hydrogen) atoms. The van der Waals surface area contributed by atoms with Gasteiger partial charge in [0, 0.05) is 19.2 Å². The first kappa shape index (κ1) is 15.4. The first-order valence-electron chi connectivity index (χ1n) is 6.77. The number of hydrogen-bond acceptors (Lipinski definition) is 2. The van der Waals surface area contributed by atoms with Gasteiger partial charge in [0.05, 0.1) is 0 Å². The van der Waals surface area contributed by atoms with Crippen LogP contribution in [0.25, 0.3) is 6.08 Å². The molecule has 0 aliphatic carbocycles. The van der Waals surface area contributed by atoms with Crippen molar-refractivity contribution in [2.75, 3.05) is 13.2 Å². The fourth-order valence-corrected chi connectivity index (χ4v) is 1.86. The van der Waals surface area contributed by atoms with Crippen molar-refractivity contribution in [2.24, 2.45) is 0 Å². The minimum Gasteiger partial charge on any atom is -0.396 e. The Hall–Kier alpha value is -1.61. The quantitative estimate of drug-likeness (QED) is 0.585. The third-order valence-electron chi connectivity index (χ3n) is 2.97. The molecule has 0 radical (unpaired) electrons. The first-order chi connectivity index (χ1) is 9.13. The van der Waals surface area contributed by atoms with E-state index in [9.17, 15) is 4.79 Å². The Morgan fingerprint density at radius 2 is 2.05 bits per heavy atom. The Bertz CT molecular complexity index is 438. The van der Waals surface area contributed by atoms with Crippen molar-refractivity contribution in [2.45, 2.75) is 33.1 Å². The first-order valence-corrected chi connectivity index (χ1v) is 6.77. The van der Waals surface area contributed by atoms with Crippen LogP contribution in [0.3, 0.4) is 0 Å². The zero-order chi connectivity index (χ0) is 14.1. The Labute approximate surface area is 115 Å². The third kappa shape index (κ3) is 6.20. The molecule has 0 unspecified atom stereocenters. The maximum Gasteiger partial charge on any atom is 0.243 e. The molecule has 0 heterocycles. The van der Waals surface area contributed by atoms with Gasteiger partial charge in [-0.25, -0.2) is 0 Å². The maximum atomic E-state index is 11.6. The maximum absolute atomic E-state index is 11.6. The summed E-state index contributed by atoms with van der Waals surface area (Å²) >= 11 is 0. The molecule has 0 aliphatic heterocycles. The summed E-state index contributed by atoms with van der Waals surface area (Å²) in [5, 5.41) is 11.5. The third-order valence-corrected chi connectivity index (χ3v) is 2.97. The molecule has 0 aromatic heterocycles. The van der Waals surface area contributed by atoms with Crippen LogP contribution in [0, 0.1) is 13.8 Å². The number of amides is 1. The summed E-state index contributed by atoms with van der Waals surface area (Å²) in [4.78, 5) is 11.6. The molecule has 3 nitrogen and oxygen atoms in total. The van der Waals surface area contributed by atoms with Gasteiger partial charge in [0.2, 0.25) is 5.91 Å². The summed E-state index contributed by atoms with van der Waals surface area (Å²) in [6.45, 7) is 4.98. The average Bonchev–Trinajstić information content (AvgIpc) is 2.37. The fraction of sp³-hybridized carbons (Fsp3) is 0.438. The Kier molecular flexibility index (Phi) is 6.90. The minimum absolute atomic E-state index is 0.0658. The van der Waals surface area contributed by atoms with Crippen LogP contribution in [-0.2, 0) is 4.79 Å². The molecule has 1 amide bonds. The molecule has 0 bridgehead atoms. The molecule has 0 saturated carbocycles. The predicted octanol–water partition coefficient (Wildman–Crippen LogP) is 2.60. The van der Waals surface area contributed by atoms with Crippen LogP contribution in [0.1, 0.15) is 36.0 Å². The highest BCUT2D eigenvalue weighted by molar-refractivity contribution is 5.91. The van der Waals surface area contributed by atoms with E-state index in [1.165, 1.54) is 11.1 Å². The van der Waals surface area contributed by atoms with E-state index in [-0.39, 0.29) is 12.5 Å². The molecule has 104 valence electrons. The number of aliphatic hydroxyl groups excluding tert-OH is 1. The second-order valence-corrected chi connectivity index (χ2v) is 4.77. The topological polar surface area (TPSA) is 49.3 Å². The number of benzene rings is 1. The summed E-state index contributed by atoms with van der Waals surface area (Å²) in [6.07, 6.45) is 6.07. The molecular formula is C16H23NO2. The highest BCUT2D eigenvalue weighted by Crippen LogP contribution is 2.11. The number of aliphatic hydroxyl groups is 1. The zero-order valence-corrected chi connectivity index (χ0v) is 11.8. The number of unbranched alkanes of at least 4 members (excludes halogenated alkanes) is 2. The van der Waals surface area contributed by atoms with E-state index in [0.29, 0.717) is 6.54 Å².